The number of rotatable bonds is 3. The highest BCUT2D eigenvalue weighted by molar-refractivity contribution is 5.92. The van der Waals surface area contributed by atoms with Crippen LogP contribution in [0.2, 0.25) is 0 Å². The van der Waals surface area contributed by atoms with Crippen molar-refractivity contribution in [1.29, 1.82) is 0 Å². The molecule has 1 saturated carbocycles. The summed E-state index contributed by atoms with van der Waals surface area (Å²) in [6.45, 7) is 2.20. The van der Waals surface area contributed by atoms with E-state index in [0.29, 0.717) is 0 Å². The summed E-state index contributed by atoms with van der Waals surface area (Å²) in [5.74, 6) is 1.39. The summed E-state index contributed by atoms with van der Waals surface area (Å²) in [4.78, 5) is 18.9. The van der Waals surface area contributed by atoms with Crippen molar-refractivity contribution in [1.82, 2.24) is 4.98 Å². The number of carbonyl (C=O) groups is 1. The van der Waals surface area contributed by atoms with E-state index < -0.39 is 0 Å². The van der Waals surface area contributed by atoms with E-state index in [0.717, 1.165) is 37.4 Å². The highest BCUT2D eigenvalue weighted by atomic mass is 16.1. The summed E-state index contributed by atoms with van der Waals surface area (Å²) in [6, 6.07) is 3.99. The van der Waals surface area contributed by atoms with Crippen molar-refractivity contribution in [2.45, 2.75) is 44.9 Å². The van der Waals surface area contributed by atoms with E-state index in [1.807, 2.05) is 12.1 Å². The van der Waals surface area contributed by atoms with Crippen LogP contribution < -0.4 is 10.2 Å². The van der Waals surface area contributed by atoms with Gasteiger partial charge in [0.1, 0.15) is 5.82 Å². The summed E-state index contributed by atoms with van der Waals surface area (Å²) in [5.41, 5.74) is 0.823. The monoisotopic (exact) mass is 273 g/mol. The first-order chi connectivity index (χ1) is 9.83. The molecule has 20 heavy (non-hydrogen) atoms. The zero-order valence-electron chi connectivity index (χ0n) is 12.0. The van der Waals surface area contributed by atoms with Gasteiger partial charge in [0.2, 0.25) is 5.91 Å². The van der Waals surface area contributed by atoms with E-state index in [1.165, 1.54) is 32.1 Å². The van der Waals surface area contributed by atoms with Crippen LogP contribution in [-0.4, -0.2) is 24.0 Å². The van der Waals surface area contributed by atoms with Crippen molar-refractivity contribution in [3.63, 3.8) is 0 Å². The number of amides is 1. The standard InChI is InChI=1S/C16H23N3O/c20-16(13-6-2-1-3-7-13)18-14-8-9-15(17-12-14)19-10-4-5-11-19/h8-9,12-13H,1-7,10-11H2,(H,18,20). The van der Waals surface area contributed by atoms with E-state index in [2.05, 4.69) is 15.2 Å². The van der Waals surface area contributed by atoms with Crippen LogP contribution in [0.3, 0.4) is 0 Å². The second kappa shape index (κ2) is 6.25. The molecule has 1 saturated heterocycles. The van der Waals surface area contributed by atoms with Crippen LogP contribution in [-0.2, 0) is 4.79 Å². The van der Waals surface area contributed by atoms with Crippen LogP contribution >= 0.6 is 0 Å². The molecule has 0 bridgehead atoms. The molecule has 0 unspecified atom stereocenters. The van der Waals surface area contributed by atoms with Crippen molar-refractivity contribution in [2.75, 3.05) is 23.3 Å². The van der Waals surface area contributed by atoms with Gasteiger partial charge in [-0.15, -0.1) is 0 Å². The summed E-state index contributed by atoms with van der Waals surface area (Å²) in [6.07, 6.45) is 10.00. The van der Waals surface area contributed by atoms with Gasteiger partial charge in [0.25, 0.3) is 0 Å². The van der Waals surface area contributed by atoms with Gasteiger partial charge < -0.3 is 10.2 Å². The first kappa shape index (κ1) is 13.4. The number of aromatic nitrogens is 1. The number of nitrogens with one attached hydrogen (secondary N) is 1. The summed E-state index contributed by atoms with van der Waals surface area (Å²) < 4.78 is 0. The average molecular weight is 273 g/mol. The van der Waals surface area contributed by atoms with Gasteiger partial charge in [-0.2, -0.15) is 0 Å². The molecular formula is C16H23N3O. The predicted molar refractivity (Wildman–Crippen MR) is 80.9 cm³/mol. The van der Waals surface area contributed by atoms with Crippen LogP contribution in [0.1, 0.15) is 44.9 Å². The lowest BCUT2D eigenvalue weighted by atomic mass is 9.88. The average Bonchev–Trinajstić information content (AvgIpc) is 3.03. The van der Waals surface area contributed by atoms with Crippen molar-refractivity contribution in [3.05, 3.63) is 18.3 Å². The van der Waals surface area contributed by atoms with Gasteiger partial charge in [0, 0.05) is 19.0 Å². The van der Waals surface area contributed by atoms with Crippen LogP contribution in [0.5, 0.6) is 0 Å². The lowest BCUT2D eigenvalue weighted by Crippen LogP contribution is -2.25. The van der Waals surface area contributed by atoms with E-state index >= 15 is 0 Å². The molecule has 4 heteroatoms. The molecule has 1 amide bonds. The molecule has 0 radical (unpaired) electrons. The third kappa shape index (κ3) is 3.11. The van der Waals surface area contributed by atoms with Crippen LogP contribution in [0.15, 0.2) is 18.3 Å². The van der Waals surface area contributed by atoms with Gasteiger partial charge in [0.05, 0.1) is 11.9 Å². The van der Waals surface area contributed by atoms with E-state index in [1.54, 1.807) is 6.20 Å². The normalized spacial score (nSPS) is 20.1. The second-order valence-corrected chi connectivity index (χ2v) is 5.92. The fraction of sp³-hybridized carbons (Fsp3) is 0.625. The molecule has 1 aromatic rings. The highest BCUT2D eigenvalue weighted by Gasteiger charge is 2.21. The lowest BCUT2D eigenvalue weighted by Gasteiger charge is -2.21. The van der Waals surface area contributed by atoms with Crippen molar-refractivity contribution in [3.8, 4) is 0 Å². The number of anilines is 2. The maximum atomic E-state index is 12.2. The first-order valence-corrected chi connectivity index (χ1v) is 7.85. The van der Waals surface area contributed by atoms with Gasteiger partial charge in [-0.05, 0) is 37.8 Å². The van der Waals surface area contributed by atoms with Gasteiger partial charge in [0.15, 0.2) is 0 Å². The van der Waals surface area contributed by atoms with Gasteiger partial charge in [-0.1, -0.05) is 19.3 Å². The molecule has 1 aliphatic heterocycles. The molecule has 1 aliphatic carbocycles. The fourth-order valence-corrected chi connectivity index (χ4v) is 3.20. The Hall–Kier alpha value is -1.58. The number of nitrogens with zero attached hydrogens (tertiary/aromatic N) is 2. The van der Waals surface area contributed by atoms with Gasteiger partial charge >= 0.3 is 0 Å². The molecular weight excluding hydrogens is 250 g/mol. The largest absolute Gasteiger partial charge is 0.357 e. The maximum Gasteiger partial charge on any atom is 0.227 e. The van der Waals surface area contributed by atoms with Crippen LogP contribution in [0.25, 0.3) is 0 Å². The van der Waals surface area contributed by atoms with E-state index in [9.17, 15) is 4.79 Å². The molecule has 0 aromatic carbocycles. The number of pyridine rings is 1. The fourth-order valence-electron chi connectivity index (χ4n) is 3.20. The Morgan fingerprint density at radius 1 is 1.10 bits per heavy atom. The first-order valence-electron chi connectivity index (χ1n) is 7.85. The van der Waals surface area contributed by atoms with Gasteiger partial charge in [-0.25, -0.2) is 4.98 Å². The minimum atomic E-state index is 0.167. The topological polar surface area (TPSA) is 45.2 Å². The Labute approximate surface area is 120 Å². The molecule has 3 rings (SSSR count). The Morgan fingerprint density at radius 3 is 2.50 bits per heavy atom. The lowest BCUT2D eigenvalue weighted by molar-refractivity contribution is -0.120. The van der Waals surface area contributed by atoms with Crippen LogP contribution in [0.4, 0.5) is 11.5 Å². The molecule has 0 spiro atoms. The minimum absolute atomic E-state index is 0.167. The Morgan fingerprint density at radius 2 is 1.85 bits per heavy atom. The smallest absolute Gasteiger partial charge is 0.227 e. The van der Waals surface area contributed by atoms with Crippen molar-refractivity contribution in [2.24, 2.45) is 5.92 Å². The maximum absolute atomic E-state index is 12.2. The Kier molecular flexibility index (Phi) is 4.19. The van der Waals surface area contributed by atoms with Crippen LogP contribution in [0, 0.1) is 5.92 Å². The number of hydrogen-bond acceptors (Lipinski definition) is 3. The molecule has 2 aliphatic rings. The molecule has 2 heterocycles. The number of carbonyl (C=O) groups excluding carboxylic acids is 1. The molecule has 1 N–H and O–H groups in total. The van der Waals surface area contributed by atoms with Gasteiger partial charge in [-0.3, -0.25) is 4.79 Å². The SMILES string of the molecule is O=C(Nc1ccc(N2CCCC2)nc1)C1CCCCC1. The summed E-state index contributed by atoms with van der Waals surface area (Å²) >= 11 is 0. The predicted octanol–water partition coefficient (Wildman–Crippen LogP) is 3.20. The summed E-state index contributed by atoms with van der Waals surface area (Å²) in [5, 5.41) is 3.01. The highest BCUT2D eigenvalue weighted by Crippen LogP contribution is 2.25. The molecule has 1 aromatic heterocycles. The van der Waals surface area contributed by atoms with E-state index in [4.69, 9.17) is 0 Å². The molecule has 2 fully saturated rings. The molecule has 108 valence electrons. The molecule has 0 atom stereocenters. The zero-order valence-corrected chi connectivity index (χ0v) is 12.0. The second-order valence-electron chi connectivity index (χ2n) is 5.92. The zero-order chi connectivity index (χ0) is 13.8. The Balaban J connectivity index is 1.58. The third-order valence-electron chi connectivity index (χ3n) is 4.42. The third-order valence-corrected chi connectivity index (χ3v) is 4.42. The molecule has 4 nitrogen and oxygen atoms in total. The Bertz CT molecular complexity index is 445. The number of hydrogen-bond donors (Lipinski definition) is 1. The summed E-state index contributed by atoms with van der Waals surface area (Å²) in [7, 11) is 0. The van der Waals surface area contributed by atoms with Crippen molar-refractivity contribution >= 4 is 17.4 Å². The quantitative estimate of drug-likeness (QED) is 0.920. The van der Waals surface area contributed by atoms with E-state index in [-0.39, 0.29) is 11.8 Å². The van der Waals surface area contributed by atoms with Crippen molar-refractivity contribution < 1.29 is 4.79 Å². The minimum Gasteiger partial charge on any atom is -0.357 e.